The van der Waals surface area contributed by atoms with Crippen molar-refractivity contribution in [2.24, 2.45) is 0 Å². The molecule has 0 radical (unpaired) electrons. The molecule has 2 rings (SSSR count). The van der Waals surface area contributed by atoms with E-state index in [1.807, 2.05) is 6.07 Å². The smallest absolute Gasteiger partial charge is 0.0931 e. The lowest BCUT2D eigenvalue weighted by atomic mass is 10.1. The van der Waals surface area contributed by atoms with Gasteiger partial charge in [-0.2, -0.15) is 0 Å². The minimum Gasteiger partial charge on any atom is -0.380 e. The lowest BCUT2D eigenvalue weighted by Crippen LogP contribution is -2.36. The van der Waals surface area contributed by atoms with E-state index in [4.69, 9.17) is 16.3 Å². The van der Waals surface area contributed by atoms with Crippen LogP contribution in [-0.2, 0) is 11.2 Å². The molecule has 1 aliphatic rings. The number of hydrogen-bond donors (Lipinski definition) is 1. The monoisotopic (exact) mass is 259 g/mol. The number of aryl methyl sites for hydroxylation is 1. The molecule has 0 aromatic carbocycles. The van der Waals surface area contributed by atoms with Crippen molar-refractivity contribution in [1.82, 2.24) is 5.32 Å². The van der Waals surface area contributed by atoms with E-state index in [1.165, 1.54) is 4.88 Å². The van der Waals surface area contributed by atoms with Crippen LogP contribution in [0.3, 0.4) is 0 Å². The first-order valence-electron chi connectivity index (χ1n) is 5.82. The van der Waals surface area contributed by atoms with Crippen LogP contribution in [0.15, 0.2) is 12.1 Å². The highest BCUT2D eigenvalue weighted by molar-refractivity contribution is 7.16. The van der Waals surface area contributed by atoms with Gasteiger partial charge in [-0.05, 0) is 38.3 Å². The van der Waals surface area contributed by atoms with Gasteiger partial charge in [-0.1, -0.05) is 11.6 Å². The Morgan fingerprint density at radius 1 is 1.62 bits per heavy atom. The second-order valence-electron chi connectivity index (χ2n) is 4.37. The van der Waals surface area contributed by atoms with E-state index >= 15 is 0 Å². The third-order valence-electron chi connectivity index (χ3n) is 2.90. The third kappa shape index (κ3) is 3.74. The van der Waals surface area contributed by atoms with Gasteiger partial charge in [-0.15, -0.1) is 11.3 Å². The molecule has 2 heterocycles. The Hall–Kier alpha value is -0.0900. The summed E-state index contributed by atoms with van der Waals surface area (Å²) in [6, 6.07) is 5.21. The fourth-order valence-electron chi connectivity index (χ4n) is 2.00. The van der Waals surface area contributed by atoms with Crippen molar-refractivity contribution >= 4 is 22.9 Å². The zero-order chi connectivity index (χ0) is 11.4. The van der Waals surface area contributed by atoms with Crippen molar-refractivity contribution in [2.75, 3.05) is 13.2 Å². The molecule has 2 nitrogen and oxygen atoms in total. The zero-order valence-electron chi connectivity index (χ0n) is 9.54. The first-order chi connectivity index (χ1) is 7.74. The van der Waals surface area contributed by atoms with Crippen molar-refractivity contribution < 1.29 is 4.74 Å². The lowest BCUT2D eigenvalue weighted by molar-refractivity contribution is 0.188. The number of halogens is 1. The van der Waals surface area contributed by atoms with Crippen LogP contribution in [0.25, 0.3) is 0 Å². The maximum atomic E-state index is 5.90. The summed E-state index contributed by atoms with van der Waals surface area (Å²) in [5.74, 6) is 0. The Kier molecular flexibility index (Phi) is 4.65. The first-order valence-corrected chi connectivity index (χ1v) is 7.01. The standard InChI is InChI=1S/C12H18ClNOS/c1-9(14-10-6-7-15-8-10)2-3-11-4-5-12(13)16-11/h4-5,9-10,14H,2-3,6-8H2,1H3. The molecule has 2 atom stereocenters. The van der Waals surface area contributed by atoms with E-state index in [1.54, 1.807) is 11.3 Å². The van der Waals surface area contributed by atoms with Crippen molar-refractivity contribution in [3.63, 3.8) is 0 Å². The highest BCUT2D eigenvalue weighted by Crippen LogP contribution is 2.22. The molecule has 0 aliphatic carbocycles. The molecule has 0 saturated carbocycles. The predicted molar refractivity (Wildman–Crippen MR) is 69.5 cm³/mol. The Labute approximate surface area is 106 Å². The van der Waals surface area contributed by atoms with Gasteiger partial charge < -0.3 is 10.1 Å². The van der Waals surface area contributed by atoms with Gasteiger partial charge in [0.1, 0.15) is 0 Å². The van der Waals surface area contributed by atoms with E-state index in [0.29, 0.717) is 12.1 Å². The average Bonchev–Trinajstić information content (AvgIpc) is 2.87. The second-order valence-corrected chi connectivity index (χ2v) is 6.17. The van der Waals surface area contributed by atoms with Gasteiger partial charge in [-0.3, -0.25) is 0 Å². The number of nitrogens with one attached hydrogen (secondary N) is 1. The number of rotatable bonds is 5. The van der Waals surface area contributed by atoms with E-state index in [2.05, 4.69) is 18.3 Å². The third-order valence-corrected chi connectivity index (χ3v) is 4.19. The largest absolute Gasteiger partial charge is 0.380 e. The van der Waals surface area contributed by atoms with E-state index in [0.717, 1.165) is 36.8 Å². The molecule has 90 valence electrons. The lowest BCUT2D eigenvalue weighted by Gasteiger charge is -2.17. The molecule has 0 amide bonds. The van der Waals surface area contributed by atoms with Gasteiger partial charge in [0.2, 0.25) is 0 Å². The summed E-state index contributed by atoms with van der Waals surface area (Å²) in [6.45, 7) is 4.02. The Morgan fingerprint density at radius 2 is 2.50 bits per heavy atom. The molecule has 2 unspecified atom stereocenters. The molecular weight excluding hydrogens is 242 g/mol. The van der Waals surface area contributed by atoms with Crippen molar-refractivity contribution in [1.29, 1.82) is 0 Å². The Balaban J connectivity index is 1.68. The van der Waals surface area contributed by atoms with Gasteiger partial charge in [0.15, 0.2) is 0 Å². The summed E-state index contributed by atoms with van der Waals surface area (Å²) in [6.07, 6.45) is 3.42. The highest BCUT2D eigenvalue weighted by atomic mass is 35.5. The number of ether oxygens (including phenoxy) is 1. The van der Waals surface area contributed by atoms with Gasteiger partial charge in [0.25, 0.3) is 0 Å². The molecule has 1 saturated heterocycles. The van der Waals surface area contributed by atoms with Crippen molar-refractivity contribution in [3.8, 4) is 0 Å². The van der Waals surface area contributed by atoms with E-state index in [9.17, 15) is 0 Å². The van der Waals surface area contributed by atoms with E-state index in [-0.39, 0.29) is 0 Å². The van der Waals surface area contributed by atoms with Crippen LogP contribution in [0.5, 0.6) is 0 Å². The summed E-state index contributed by atoms with van der Waals surface area (Å²) in [5, 5.41) is 3.60. The van der Waals surface area contributed by atoms with Crippen molar-refractivity contribution in [3.05, 3.63) is 21.3 Å². The van der Waals surface area contributed by atoms with Crippen LogP contribution in [0, 0.1) is 0 Å². The normalized spacial score (nSPS) is 22.5. The molecule has 1 aromatic rings. The summed E-state index contributed by atoms with van der Waals surface area (Å²) in [4.78, 5) is 1.38. The molecule has 0 spiro atoms. The Morgan fingerprint density at radius 3 is 3.12 bits per heavy atom. The molecule has 1 aliphatic heterocycles. The minimum absolute atomic E-state index is 0.549. The van der Waals surface area contributed by atoms with Gasteiger partial charge in [0.05, 0.1) is 10.9 Å². The first kappa shape index (κ1) is 12.4. The summed E-state index contributed by atoms with van der Waals surface area (Å²) < 4.78 is 6.23. The SMILES string of the molecule is CC(CCc1ccc(Cl)s1)NC1CCOC1. The van der Waals surface area contributed by atoms with Crippen LogP contribution in [0.4, 0.5) is 0 Å². The second kappa shape index (κ2) is 6.01. The molecule has 4 heteroatoms. The minimum atomic E-state index is 0.549. The maximum absolute atomic E-state index is 5.90. The maximum Gasteiger partial charge on any atom is 0.0931 e. The van der Waals surface area contributed by atoms with Crippen LogP contribution in [-0.4, -0.2) is 25.3 Å². The van der Waals surface area contributed by atoms with Crippen LogP contribution in [0.1, 0.15) is 24.6 Å². The quantitative estimate of drug-likeness (QED) is 0.877. The zero-order valence-corrected chi connectivity index (χ0v) is 11.1. The molecule has 0 bridgehead atoms. The van der Waals surface area contributed by atoms with Crippen LogP contribution in [0.2, 0.25) is 4.34 Å². The molecule has 1 fully saturated rings. The van der Waals surface area contributed by atoms with Crippen LogP contribution >= 0.6 is 22.9 Å². The fraction of sp³-hybridized carbons (Fsp3) is 0.667. The number of hydrogen-bond acceptors (Lipinski definition) is 3. The van der Waals surface area contributed by atoms with Crippen molar-refractivity contribution in [2.45, 2.75) is 38.3 Å². The summed E-state index contributed by atoms with van der Waals surface area (Å²) in [5.41, 5.74) is 0. The molecular formula is C12H18ClNOS. The topological polar surface area (TPSA) is 21.3 Å². The summed E-state index contributed by atoms with van der Waals surface area (Å²) in [7, 11) is 0. The molecule has 16 heavy (non-hydrogen) atoms. The van der Waals surface area contributed by atoms with Crippen LogP contribution < -0.4 is 5.32 Å². The highest BCUT2D eigenvalue weighted by Gasteiger charge is 2.17. The number of thiophene rings is 1. The molecule has 1 aromatic heterocycles. The fourth-order valence-corrected chi connectivity index (χ4v) is 3.10. The molecule has 1 N–H and O–H groups in total. The summed E-state index contributed by atoms with van der Waals surface area (Å²) >= 11 is 7.58. The van der Waals surface area contributed by atoms with E-state index < -0.39 is 0 Å². The van der Waals surface area contributed by atoms with Gasteiger partial charge in [0, 0.05) is 23.6 Å². The van der Waals surface area contributed by atoms with Gasteiger partial charge in [-0.25, -0.2) is 0 Å². The average molecular weight is 260 g/mol. The van der Waals surface area contributed by atoms with Gasteiger partial charge >= 0.3 is 0 Å². The Bertz CT molecular complexity index is 323. The predicted octanol–water partition coefficient (Wildman–Crippen LogP) is 3.10.